The average molecular weight is 642 g/mol. The lowest BCUT2D eigenvalue weighted by molar-refractivity contribution is -0.131. The van der Waals surface area contributed by atoms with Gasteiger partial charge in [0.1, 0.15) is 11.6 Å². The van der Waals surface area contributed by atoms with E-state index in [-0.39, 0.29) is 36.5 Å². The highest BCUT2D eigenvalue weighted by atomic mass is 16.4. The Kier molecular flexibility index (Phi) is 16.7. The molecule has 0 aliphatic rings. The first kappa shape index (κ1) is 38.1. The summed E-state index contributed by atoms with van der Waals surface area (Å²) < 4.78 is 5.31. The standard InChI is InChI=1S/C34H51N5O7/c1-22(2)17-28(39-31(42)12-7-5-6-9-15-35)34(45)37-21-32(43)38-27(11-8-10-16-36-24(4)40)29(41)19-25-13-14-26-23(3)18-33(44)46-30(26)20-25/h13-14,18,20,22,27-28H,5-12,15-17,19,21,35H2,1-4H3,(H,36,40)(H,37,45)(H,38,43)(H,39,42)/t27-,28+/m0/s1. The van der Waals surface area contributed by atoms with Gasteiger partial charge in [-0.2, -0.15) is 0 Å². The van der Waals surface area contributed by atoms with Crippen molar-refractivity contribution in [2.75, 3.05) is 19.6 Å². The number of unbranched alkanes of at least 4 members (excludes halogenated alkanes) is 4. The van der Waals surface area contributed by atoms with Crippen LogP contribution < -0.4 is 32.6 Å². The molecule has 0 radical (unpaired) electrons. The highest BCUT2D eigenvalue weighted by molar-refractivity contribution is 5.94. The van der Waals surface area contributed by atoms with E-state index in [0.29, 0.717) is 62.8 Å². The summed E-state index contributed by atoms with van der Waals surface area (Å²) in [6.45, 7) is 7.82. The first-order valence-corrected chi connectivity index (χ1v) is 16.3. The Morgan fingerprint density at radius 3 is 2.28 bits per heavy atom. The molecule has 12 nitrogen and oxygen atoms in total. The highest BCUT2D eigenvalue weighted by Gasteiger charge is 2.24. The van der Waals surface area contributed by atoms with Crippen LogP contribution in [0.3, 0.4) is 0 Å². The first-order chi connectivity index (χ1) is 21.9. The molecule has 0 aliphatic heterocycles. The third-order valence-corrected chi connectivity index (χ3v) is 7.55. The van der Waals surface area contributed by atoms with Crippen LogP contribution in [0.1, 0.15) is 89.7 Å². The normalized spacial score (nSPS) is 12.4. The summed E-state index contributed by atoms with van der Waals surface area (Å²) in [6, 6.07) is 5.01. The number of amides is 4. The molecular formula is C34H51N5O7. The Balaban J connectivity index is 2.03. The number of ketones is 1. The molecule has 46 heavy (non-hydrogen) atoms. The molecule has 2 aromatic rings. The van der Waals surface area contributed by atoms with E-state index in [0.717, 1.165) is 30.2 Å². The maximum absolute atomic E-state index is 13.4. The highest BCUT2D eigenvalue weighted by Crippen LogP contribution is 2.19. The van der Waals surface area contributed by atoms with Gasteiger partial charge in [-0.3, -0.25) is 24.0 Å². The minimum Gasteiger partial charge on any atom is -0.423 e. The van der Waals surface area contributed by atoms with Crippen LogP contribution in [0, 0.1) is 12.8 Å². The molecule has 1 aromatic carbocycles. The fourth-order valence-corrected chi connectivity index (χ4v) is 5.14. The zero-order valence-corrected chi connectivity index (χ0v) is 27.7. The zero-order valence-electron chi connectivity index (χ0n) is 27.7. The Labute approximate surface area is 271 Å². The van der Waals surface area contributed by atoms with E-state index in [1.165, 1.54) is 13.0 Å². The van der Waals surface area contributed by atoms with Crippen LogP contribution in [0.2, 0.25) is 0 Å². The fourth-order valence-electron chi connectivity index (χ4n) is 5.14. The van der Waals surface area contributed by atoms with Gasteiger partial charge in [-0.25, -0.2) is 4.79 Å². The lowest BCUT2D eigenvalue weighted by atomic mass is 9.98. The number of Topliss-reactive ketones (excluding diaryl/α,β-unsaturated/α-hetero) is 1. The lowest BCUT2D eigenvalue weighted by Crippen LogP contribution is -2.51. The Morgan fingerprint density at radius 2 is 1.59 bits per heavy atom. The third-order valence-electron chi connectivity index (χ3n) is 7.55. The van der Waals surface area contributed by atoms with Crippen molar-refractivity contribution in [2.24, 2.45) is 11.7 Å². The van der Waals surface area contributed by atoms with Gasteiger partial charge in [-0.1, -0.05) is 38.8 Å². The van der Waals surface area contributed by atoms with Crippen molar-refractivity contribution in [3.05, 3.63) is 45.8 Å². The van der Waals surface area contributed by atoms with Crippen LogP contribution >= 0.6 is 0 Å². The van der Waals surface area contributed by atoms with Crippen molar-refractivity contribution >= 4 is 40.4 Å². The molecule has 1 aromatic heterocycles. The molecule has 0 saturated carbocycles. The summed E-state index contributed by atoms with van der Waals surface area (Å²) in [4.78, 5) is 74.9. The monoisotopic (exact) mass is 641 g/mol. The van der Waals surface area contributed by atoms with E-state index in [4.69, 9.17) is 10.2 Å². The first-order valence-electron chi connectivity index (χ1n) is 16.3. The molecule has 1 heterocycles. The number of aryl methyl sites for hydroxylation is 1. The summed E-state index contributed by atoms with van der Waals surface area (Å²) in [5.41, 5.74) is 6.81. The topological polar surface area (TPSA) is 190 Å². The predicted octanol–water partition coefficient (Wildman–Crippen LogP) is 2.56. The maximum atomic E-state index is 13.4. The summed E-state index contributed by atoms with van der Waals surface area (Å²) in [5, 5.41) is 11.6. The molecule has 12 heteroatoms. The van der Waals surface area contributed by atoms with Crippen molar-refractivity contribution in [3.63, 3.8) is 0 Å². The SMILES string of the molecule is CC(=O)NCCCC[C@H](NC(=O)CNC(=O)[C@@H](CC(C)C)NC(=O)CCCCCCN)C(=O)Cc1ccc2c(C)cc(=O)oc2c1. The van der Waals surface area contributed by atoms with Gasteiger partial charge in [0.2, 0.25) is 23.6 Å². The van der Waals surface area contributed by atoms with Gasteiger partial charge in [0.25, 0.3) is 0 Å². The van der Waals surface area contributed by atoms with E-state index in [9.17, 15) is 28.8 Å². The Morgan fingerprint density at radius 1 is 0.870 bits per heavy atom. The van der Waals surface area contributed by atoms with E-state index in [1.807, 2.05) is 13.8 Å². The maximum Gasteiger partial charge on any atom is 0.336 e. The lowest BCUT2D eigenvalue weighted by Gasteiger charge is -2.21. The molecule has 0 spiro atoms. The summed E-state index contributed by atoms with van der Waals surface area (Å²) in [5.74, 6) is -1.49. The van der Waals surface area contributed by atoms with Crippen LogP contribution in [0.5, 0.6) is 0 Å². The van der Waals surface area contributed by atoms with E-state index < -0.39 is 29.5 Å². The second kappa shape index (κ2) is 20.1. The van der Waals surface area contributed by atoms with Gasteiger partial charge in [0.05, 0.1) is 12.6 Å². The van der Waals surface area contributed by atoms with Gasteiger partial charge in [0, 0.05) is 37.8 Å². The average Bonchev–Trinajstić information content (AvgIpc) is 2.98. The molecule has 0 aliphatic carbocycles. The predicted molar refractivity (Wildman–Crippen MR) is 177 cm³/mol. The quantitative estimate of drug-likeness (QED) is 0.102. The number of fused-ring (bicyclic) bond motifs is 1. The summed E-state index contributed by atoms with van der Waals surface area (Å²) in [6.07, 6.45) is 5.66. The summed E-state index contributed by atoms with van der Waals surface area (Å²) in [7, 11) is 0. The molecule has 0 saturated heterocycles. The van der Waals surface area contributed by atoms with Crippen molar-refractivity contribution in [1.29, 1.82) is 0 Å². The minimum absolute atomic E-state index is 0.00862. The van der Waals surface area contributed by atoms with Crippen molar-refractivity contribution in [1.82, 2.24) is 21.3 Å². The van der Waals surface area contributed by atoms with Crippen LogP contribution in [0.15, 0.2) is 33.5 Å². The van der Waals surface area contributed by atoms with Gasteiger partial charge >= 0.3 is 5.63 Å². The minimum atomic E-state index is -0.840. The third kappa shape index (κ3) is 14.4. The number of carbonyl (C=O) groups is 5. The van der Waals surface area contributed by atoms with E-state index >= 15 is 0 Å². The van der Waals surface area contributed by atoms with Gasteiger partial charge in [-0.05, 0) is 75.1 Å². The summed E-state index contributed by atoms with van der Waals surface area (Å²) >= 11 is 0. The van der Waals surface area contributed by atoms with Gasteiger partial charge in [-0.15, -0.1) is 0 Å². The molecular weight excluding hydrogens is 590 g/mol. The second-order valence-electron chi connectivity index (χ2n) is 12.2. The number of rotatable bonds is 21. The fraction of sp³-hybridized carbons (Fsp3) is 0.588. The molecule has 6 N–H and O–H groups in total. The van der Waals surface area contributed by atoms with Gasteiger partial charge < -0.3 is 31.4 Å². The zero-order chi connectivity index (χ0) is 34.1. The number of nitrogens with two attached hydrogens (primary N) is 1. The van der Waals surface area contributed by atoms with E-state index in [2.05, 4.69) is 21.3 Å². The molecule has 2 atom stereocenters. The largest absolute Gasteiger partial charge is 0.423 e. The number of hydrogen-bond donors (Lipinski definition) is 5. The van der Waals surface area contributed by atoms with Crippen molar-refractivity contribution in [2.45, 2.75) is 104 Å². The number of benzene rings is 1. The second-order valence-corrected chi connectivity index (χ2v) is 12.2. The number of hydrogen-bond acceptors (Lipinski definition) is 8. The van der Waals surface area contributed by atoms with Gasteiger partial charge in [0.15, 0.2) is 5.78 Å². The molecule has 4 amide bonds. The van der Waals surface area contributed by atoms with Crippen molar-refractivity contribution in [3.8, 4) is 0 Å². The Hall–Kier alpha value is -4.06. The van der Waals surface area contributed by atoms with Crippen LogP contribution in [0.4, 0.5) is 0 Å². The number of carbonyl (C=O) groups excluding carboxylic acids is 5. The molecule has 0 bridgehead atoms. The molecule has 2 rings (SSSR count). The molecule has 0 unspecified atom stereocenters. The Bertz CT molecular complexity index is 1390. The van der Waals surface area contributed by atoms with Crippen molar-refractivity contribution < 1.29 is 28.4 Å². The number of nitrogens with one attached hydrogen (secondary N) is 4. The van der Waals surface area contributed by atoms with Crippen LogP contribution in [-0.4, -0.2) is 61.1 Å². The van der Waals surface area contributed by atoms with Crippen LogP contribution in [0.25, 0.3) is 11.0 Å². The smallest absolute Gasteiger partial charge is 0.336 e. The van der Waals surface area contributed by atoms with E-state index in [1.54, 1.807) is 25.1 Å². The molecule has 0 fully saturated rings. The van der Waals surface area contributed by atoms with Crippen LogP contribution in [-0.2, 0) is 30.4 Å². The molecule has 254 valence electrons.